The fraction of sp³-hybridized carbons (Fsp3) is 0.217. The lowest BCUT2D eigenvalue weighted by molar-refractivity contribution is -0.111. The van der Waals surface area contributed by atoms with Gasteiger partial charge in [0, 0.05) is 42.0 Å². The number of fused-ring (bicyclic) bond motifs is 1. The Morgan fingerprint density at radius 2 is 2.07 bits per heavy atom. The topological polar surface area (TPSA) is 87.2 Å². The SMILES string of the molecule is C=CC(=O)Nc1ccc(C(=O)N2CC[C@H](Nc3ncc4ccccc4n3)C2)c(C)c1. The number of para-hydroxylation sites is 1. The minimum atomic E-state index is -0.280. The van der Waals surface area contributed by atoms with Crippen LogP contribution in [0.5, 0.6) is 0 Å². The van der Waals surface area contributed by atoms with Crippen molar-refractivity contribution in [3.8, 4) is 0 Å². The number of hydrogen-bond donors (Lipinski definition) is 2. The highest BCUT2D eigenvalue weighted by atomic mass is 16.2. The van der Waals surface area contributed by atoms with Crippen LogP contribution in [0, 0.1) is 6.92 Å². The highest BCUT2D eigenvalue weighted by Crippen LogP contribution is 2.21. The zero-order valence-electron chi connectivity index (χ0n) is 16.8. The van der Waals surface area contributed by atoms with Gasteiger partial charge in [0.15, 0.2) is 0 Å². The number of nitrogens with zero attached hydrogens (tertiary/aromatic N) is 3. The lowest BCUT2D eigenvalue weighted by atomic mass is 10.1. The molecule has 0 unspecified atom stereocenters. The maximum absolute atomic E-state index is 13.0. The molecule has 1 aromatic heterocycles. The predicted octanol–water partition coefficient (Wildman–Crippen LogP) is 3.39. The third-order valence-corrected chi connectivity index (χ3v) is 5.21. The number of anilines is 2. The maximum Gasteiger partial charge on any atom is 0.254 e. The van der Waals surface area contributed by atoms with E-state index in [-0.39, 0.29) is 17.9 Å². The number of hydrogen-bond acceptors (Lipinski definition) is 5. The Bertz CT molecular complexity index is 1130. The van der Waals surface area contributed by atoms with Crippen molar-refractivity contribution in [1.82, 2.24) is 14.9 Å². The van der Waals surface area contributed by atoms with Crippen LogP contribution in [-0.4, -0.2) is 45.8 Å². The molecule has 2 aromatic carbocycles. The summed E-state index contributed by atoms with van der Waals surface area (Å²) in [6, 6.07) is 13.2. The first-order valence-electron chi connectivity index (χ1n) is 9.85. The highest BCUT2D eigenvalue weighted by Gasteiger charge is 2.28. The van der Waals surface area contributed by atoms with Gasteiger partial charge in [0.05, 0.1) is 5.52 Å². The zero-order valence-corrected chi connectivity index (χ0v) is 16.8. The summed E-state index contributed by atoms with van der Waals surface area (Å²) in [6.07, 6.45) is 3.85. The lowest BCUT2D eigenvalue weighted by Crippen LogP contribution is -2.32. The molecule has 2 N–H and O–H groups in total. The van der Waals surface area contributed by atoms with E-state index in [4.69, 9.17) is 0 Å². The molecule has 3 aromatic rings. The molecule has 1 aliphatic rings. The normalized spacial score (nSPS) is 15.8. The van der Waals surface area contributed by atoms with Gasteiger partial charge in [-0.05, 0) is 49.2 Å². The van der Waals surface area contributed by atoms with E-state index in [1.54, 1.807) is 24.4 Å². The Morgan fingerprint density at radius 3 is 2.87 bits per heavy atom. The van der Waals surface area contributed by atoms with Crippen LogP contribution in [-0.2, 0) is 4.79 Å². The summed E-state index contributed by atoms with van der Waals surface area (Å²) in [6.45, 7) is 6.56. The van der Waals surface area contributed by atoms with Crippen molar-refractivity contribution in [2.45, 2.75) is 19.4 Å². The maximum atomic E-state index is 13.0. The molecule has 1 atom stereocenters. The number of carbonyl (C=O) groups is 2. The van der Waals surface area contributed by atoms with Gasteiger partial charge >= 0.3 is 0 Å². The summed E-state index contributed by atoms with van der Waals surface area (Å²) in [5.74, 6) is 0.280. The molecule has 2 amide bonds. The van der Waals surface area contributed by atoms with Crippen LogP contribution in [0.15, 0.2) is 61.3 Å². The largest absolute Gasteiger partial charge is 0.350 e. The molecule has 7 nitrogen and oxygen atoms in total. The van der Waals surface area contributed by atoms with Crippen molar-refractivity contribution in [2.75, 3.05) is 23.7 Å². The van der Waals surface area contributed by atoms with Crippen LogP contribution in [0.2, 0.25) is 0 Å². The van der Waals surface area contributed by atoms with E-state index >= 15 is 0 Å². The molecule has 1 fully saturated rings. The van der Waals surface area contributed by atoms with Gasteiger partial charge in [-0.25, -0.2) is 9.97 Å². The molecule has 0 aliphatic carbocycles. The van der Waals surface area contributed by atoms with Crippen LogP contribution >= 0.6 is 0 Å². The Labute approximate surface area is 174 Å². The minimum absolute atomic E-state index is 0.0159. The number of aromatic nitrogens is 2. The van der Waals surface area contributed by atoms with Crippen LogP contribution in [0.1, 0.15) is 22.3 Å². The predicted molar refractivity (Wildman–Crippen MR) is 117 cm³/mol. The van der Waals surface area contributed by atoms with E-state index in [1.807, 2.05) is 36.1 Å². The van der Waals surface area contributed by atoms with Gasteiger partial charge in [-0.3, -0.25) is 9.59 Å². The van der Waals surface area contributed by atoms with Gasteiger partial charge in [0.1, 0.15) is 0 Å². The van der Waals surface area contributed by atoms with E-state index in [0.717, 1.165) is 22.9 Å². The van der Waals surface area contributed by atoms with Gasteiger partial charge in [-0.2, -0.15) is 0 Å². The summed E-state index contributed by atoms with van der Waals surface area (Å²) in [7, 11) is 0. The molecule has 4 rings (SSSR count). The highest BCUT2D eigenvalue weighted by molar-refractivity contribution is 6.00. The van der Waals surface area contributed by atoms with Gasteiger partial charge in [-0.15, -0.1) is 0 Å². The van der Waals surface area contributed by atoms with E-state index < -0.39 is 0 Å². The van der Waals surface area contributed by atoms with Crippen molar-refractivity contribution in [2.24, 2.45) is 0 Å². The molecule has 0 radical (unpaired) electrons. The first-order valence-corrected chi connectivity index (χ1v) is 9.85. The van der Waals surface area contributed by atoms with Crippen LogP contribution in [0.3, 0.4) is 0 Å². The number of carbonyl (C=O) groups excluding carboxylic acids is 2. The summed E-state index contributed by atoms with van der Waals surface area (Å²) in [5, 5.41) is 7.05. The van der Waals surface area contributed by atoms with Crippen molar-refractivity contribution < 1.29 is 9.59 Å². The molecule has 30 heavy (non-hydrogen) atoms. The second kappa shape index (κ2) is 8.32. The van der Waals surface area contributed by atoms with Gasteiger partial charge in [-0.1, -0.05) is 24.8 Å². The van der Waals surface area contributed by atoms with Crippen molar-refractivity contribution in [3.05, 3.63) is 72.4 Å². The second-order valence-electron chi connectivity index (χ2n) is 7.36. The second-order valence-corrected chi connectivity index (χ2v) is 7.36. The number of amides is 2. The van der Waals surface area contributed by atoms with Crippen molar-refractivity contribution in [1.29, 1.82) is 0 Å². The van der Waals surface area contributed by atoms with Gasteiger partial charge in [0.2, 0.25) is 11.9 Å². The van der Waals surface area contributed by atoms with E-state index in [1.165, 1.54) is 6.08 Å². The third-order valence-electron chi connectivity index (χ3n) is 5.21. The van der Waals surface area contributed by atoms with Crippen LogP contribution in [0.4, 0.5) is 11.6 Å². The number of rotatable bonds is 5. The van der Waals surface area contributed by atoms with Crippen LogP contribution in [0.25, 0.3) is 10.9 Å². The fourth-order valence-electron chi connectivity index (χ4n) is 3.63. The molecule has 152 valence electrons. The Kier molecular flexibility index (Phi) is 5.43. The minimum Gasteiger partial charge on any atom is -0.350 e. The Morgan fingerprint density at radius 1 is 1.23 bits per heavy atom. The van der Waals surface area contributed by atoms with E-state index in [2.05, 4.69) is 27.2 Å². The lowest BCUT2D eigenvalue weighted by Gasteiger charge is -2.19. The summed E-state index contributed by atoms with van der Waals surface area (Å²) >= 11 is 0. The molecule has 0 spiro atoms. The van der Waals surface area contributed by atoms with E-state index in [0.29, 0.717) is 30.3 Å². The molecule has 0 bridgehead atoms. The smallest absolute Gasteiger partial charge is 0.254 e. The molecular formula is C23H23N5O2. The van der Waals surface area contributed by atoms with Crippen molar-refractivity contribution >= 4 is 34.4 Å². The van der Waals surface area contributed by atoms with Crippen LogP contribution < -0.4 is 10.6 Å². The van der Waals surface area contributed by atoms with Gasteiger partial charge < -0.3 is 15.5 Å². The van der Waals surface area contributed by atoms with E-state index in [9.17, 15) is 9.59 Å². The quantitative estimate of drug-likeness (QED) is 0.640. The number of benzene rings is 2. The molecular weight excluding hydrogens is 378 g/mol. The molecule has 0 saturated carbocycles. The molecule has 1 saturated heterocycles. The number of nitrogens with one attached hydrogen (secondary N) is 2. The molecule has 1 aliphatic heterocycles. The zero-order chi connectivity index (χ0) is 21.1. The molecule has 2 heterocycles. The van der Waals surface area contributed by atoms with Crippen molar-refractivity contribution in [3.63, 3.8) is 0 Å². The first kappa shape index (κ1) is 19.6. The summed E-state index contributed by atoms with van der Waals surface area (Å²) in [5.41, 5.74) is 2.98. The Hall–Kier alpha value is -3.74. The average molecular weight is 401 g/mol. The number of aryl methyl sites for hydroxylation is 1. The molecule has 7 heteroatoms. The summed E-state index contributed by atoms with van der Waals surface area (Å²) in [4.78, 5) is 35.2. The Balaban J connectivity index is 1.41. The third kappa shape index (κ3) is 4.15. The number of likely N-dealkylation sites (tertiary alicyclic amines) is 1. The average Bonchev–Trinajstić information content (AvgIpc) is 3.21. The standard InChI is InChI=1S/C23H23N5O2/c1-3-21(29)25-17-8-9-19(15(2)12-17)22(30)28-11-10-18(14-28)26-23-24-13-16-6-4-5-7-20(16)27-23/h3-9,12-13,18H,1,10-11,14H2,2H3,(H,25,29)(H,24,26,27)/t18-/m0/s1. The monoisotopic (exact) mass is 401 g/mol. The first-order chi connectivity index (χ1) is 14.5. The summed E-state index contributed by atoms with van der Waals surface area (Å²) < 4.78 is 0. The fourth-order valence-corrected chi connectivity index (χ4v) is 3.63. The van der Waals surface area contributed by atoms with Gasteiger partial charge in [0.25, 0.3) is 5.91 Å².